The molecule has 0 aliphatic rings. The Kier molecular flexibility index (Phi) is 3.49. The minimum absolute atomic E-state index is 0.224. The summed E-state index contributed by atoms with van der Waals surface area (Å²) >= 11 is 5.86. The largest absolute Gasteiger partial charge is 0.494 e. The van der Waals surface area contributed by atoms with Crippen LogP contribution in [0.5, 0.6) is 5.75 Å². The molecule has 0 atom stereocenters. The molecule has 0 aliphatic heterocycles. The lowest BCUT2D eigenvalue weighted by atomic mass is 10.2. The van der Waals surface area contributed by atoms with Crippen molar-refractivity contribution in [1.82, 2.24) is 0 Å². The molecule has 0 saturated carbocycles. The van der Waals surface area contributed by atoms with Gasteiger partial charge in [-0.25, -0.2) is 4.39 Å². The van der Waals surface area contributed by atoms with Crippen molar-refractivity contribution >= 4 is 23.0 Å². The molecule has 0 spiro atoms. The molecule has 0 heterocycles. The molecule has 2 aromatic rings. The zero-order valence-electron chi connectivity index (χ0n) is 9.21. The van der Waals surface area contributed by atoms with E-state index in [0.29, 0.717) is 10.7 Å². The van der Waals surface area contributed by atoms with E-state index in [9.17, 15) is 4.39 Å². The van der Waals surface area contributed by atoms with Crippen LogP contribution in [0.3, 0.4) is 0 Å². The quantitative estimate of drug-likeness (QED) is 0.881. The van der Waals surface area contributed by atoms with Crippen LogP contribution in [0.4, 0.5) is 15.8 Å². The molecule has 2 nitrogen and oxygen atoms in total. The standard InChI is InChI=1S/C13H11ClFNO/c1-17-13-6-5-11(8-12(13)15)16-10-4-2-3-9(14)7-10/h2-8,16H,1H3. The van der Waals surface area contributed by atoms with Crippen molar-refractivity contribution < 1.29 is 9.13 Å². The highest BCUT2D eigenvalue weighted by atomic mass is 35.5. The predicted octanol–water partition coefficient (Wildman–Crippen LogP) is 4.23. The van der Waals surface area contributed by atoms with Crippen LogP contribution in [0.25, 0.3) is 0 Å². The SMILES string of the molecule is COc1ccc(Nc2cccc(Cl)c2)cc1F. The summed E-state index contributed by atoms with van der Waals surface area (Å²) in [6, 6.07) is 11.9. The third-order valence-corrected chi connectivity index (χ3v) is 2.50. The van der Waals surface area contributed by atoms with Crippen LogP contribution in [0.1, 0.15) is 0 Å². The Labute approximate surface area is 104 Å². The second-order valence-electron chi connectivity index (χ2n) is 3.48. The molecule has 1 N–H and O–H groups in total. The van der Waals surface area contributed by atoms with Gasteiger partial charge in [-0.3, -0.25) is 0 Å². The minimum Gasteiger partial charge on any atom is -0.494 e. The normalized spacial score (nSPS) is 10.1. The molecule has 2 aromatic carbocycles. The Morgan fingerprint density at radius 2 is 1.88 bits per heavy atom. The van der Waals surface area contributed by atoms with E-state index in [-0.39, 0.29) is 5.75 Å². The first-order valence-electron chi connectivity index (χ1n) is 5.05. The van der Waals surface area contributed by atoms with Gasteiger partial charge in [0.2, 0.25) is 0 Å². The molecule has 17 heavy (non-hydrogen) atoms. The van der Waals surface area contributed by atoms with E-state index in [1.807, 2.05) is 12.1 Å². The van der Waals surface area contributed by atoms with Crippen LogP contribution >= 0.6 is 11.6 Å². The van der Waals surface area contributed by atoms with Gasteiger partial charge in [0, 0.05) is 22.5 Å². The lowest BCUT2D eigenvalue weighted by Crippen LogP contribution is -1.93. The smallest absolute Gasteiger partial charge is 0.167 e. The van der Waals surface area contributed by atoms with E-state index in [4.69, 9.17) is 16.3 Å². The average Bonchev–Trinajstić information content (AvgIpc) is 2.29. The monoisotopic (exact) mass is 251 g/mol. The molecular weight excluding hydrogens is 241 g/mol. The highest BCUT2D eigenvalue weighted by Crippen LogP contribution is 2.24. The summed E-state index contributed by atoms with van der Waals surface area (Å²) in [5.74, 6) is -0.179. The molecular formula is C13H11ClFNO. The maximum atomic E-state index is 13.4. The first-order valence-corrected chi connectivity index (χ1v) is 5.43. The summed E-state index contributed by atoms with van der Waals surface area (Å²) in [4.78, 5) is 0. The Balaban J connectivity index is 2.22. The van der Waals surface area contributed by atoms with Crippen molar-refractivity contribution in [1.29, 1.82) is 0 Å². The number of anilines is 2. The van der Waals surface area contributed by atoms with Gasteiger partial charge in [-0.15, -0.1) is 0 Å². The summed E-state index contributed by atoms with van der Waals surface area (Å²) in [6.07, 6.45) is 0. The van der Waals surface area contributed by atoms with E-state index in [0.717, 1.165) is 5.69 Å². The van der Waals surface area contributed by atoms with Gasteiger partial charge in [0.25, 0.3) is 0 Å². The third kappa shape index (κ3) is 2.88. The highest BCUT2D eigenvalue weighted by Gasteiger charge is 2.03. The molecule has 0 bridgehead atoms. The van der Waals surface area contributed by atoms with Gasteiger partial charge in [-0.2, -0.15) is 0 Å². The Bertz CT molecular complexity index is 531. The molecule has 0 radical (unpaired) electrons. The molecule has 88 valence electrons. The number of rotatable bonds is 3. The van der Waals surface area contributed by atoms with Crippen LogP contribution < -0.4 is 10.1 Å². The number of hydrogen-bond acceptors (Lipinski definition) is 2. The van der Waals surface area contributed by atoms with Crippen molar-refractivity contribution in [2.45, 2.75) is 0 Å². The van der Waals surface area contributed by atoms with Gasteiger partial charge in [0.15, 0.2) is 11.6 Å². The van der Waals surface area contributed by atoms with Crippen LogP contribution in [0.15, 0.2) is 42.5 Å². The molecule has 2 rings (SSSR count). The second-order valence-corrected chi connectivity index (χ2v) is 3.92. The van der Waals surface area contributed by atoms with E-state index in [1.54, 1.807) is 24.3 Å². The Hall–Kier alpha value is -1.74. The number of methoxy groups -OCH3 is 1. The Morgan fingerprint density at radius 1 is 1.12 bits per heavy atom. The number of benzene rings is 2. The number of hydrogen-bond donors (Lipinski definition) is 1. The van der Waals surface area contributed by atoms with Gasteiger partial charge < -0.3 is 10.1 Å². The minimum atomic E-state index is -0.403. The van der Waals surface area contributed by atoms with Crippen molar-refractivity contribution in [2.75, 3.05) is 12.4 Å². The molecule has 0 aromatic heterocycles. The van der Waals surface area contributed by atoms with E-state index in [2.05, 4.69) is 5.32 Å². The maximum Gasteiger partial charge on any atom is 0.167 e. The fourth-order valence-corrected chi connectivity index (χ4v) is 1.67. The predicted molar refractivity (Wildman–Crippen MR) is 67.7 cm³/mol. The topological polar surface area (TPSA) is 21.3 Å². The van der Waals surface area contributed by atoms with E-state index >= 15 is 0 Å². The van der Waals surface area contributed by atoms with Crippen molar-refractivity contribution in [2.24, 2.45) is 0 Å². The van der Waals surface area contributed by atoms with Crippen LogP contribution in [-0.4, -0.2) is 7.11 Å². The van der Waals surface area contributed by atoms with E-state index < -0.39 is 5.82 Å². The van der Waals surface area contributed by atoms with Crippen LogP contribution in [0.2, 0.25) is 5.02 Å². The van der Waals surface area contributed by atoms with Gasteiger partial charge >= 0.3 is 0 Å². The summed E-state index contributed by atoms with van der Waals surface area (Å²) < 4.78 is 18.3. The summed E-state index contributed by atoms with van der Waals surface area (Å²) in [6.45, 7) is 0. The zero-order valence-corrected chi connectivity index (χ0v) is 9.96. The molecule has 4 heteroatoms. The lowest BCUT2D eigenvalue weighted by molar-refractivity contribution is 0.386. The van der Waals surface area contributed by atoms with Crippen molar-refractivity contribution in [3.05, 3.63) is 53.3 Å². The highest BCUT2D eigenvalue weighted by molar-refractivity contribution is 6.30. The number of nitrogens with one attached hydrogen (secondary N) is 1. The van der Waals surface area contributed by atoms with Crippen LogP contribution in [-0.2, 0) is 0 Å². The Morgan fingerprint density at radius 3 is 2.53 bits per heavy atom. The summed E-state index contributed by atoms with van der Waals surface area (Å²) in [7, 11) is 1.43. The van der Waals surface area contributed by atoms with Gasteiger partial charge in [0.1, 0.15) is 0 Å². The number of ether oxygens (including phenoxy) is 1. The molecule has 0 aliphatic carbocycles. The maximum absolute atomic E-state index is 13.4. The fourth-order valence-electron chi connectivity index (χ4n) is 1.48. The van der Waals surface area contributed by atoms with Crippen LogP contribution in [0, 0.1) is 5.82 Å². The molecule has 0 saturated heterocycles. The first kappa shape index (κ1) is 11.7. The average molecular weight is 252 g/mol. The molecule has 0 amide bonds. The third-order valence-electron chi connectivity index (χ3n) is 2.27. The number of halogens is 2. The van der Waals surface area contributed by atoms with Gasteiger partial charge in [-0.1, -0.05) is 17.7 Å². The lowest BCUT2D eigenvalue weighted by Gasteiger charge is -2.08. The zero-order chi connectivity index (χ0) is 12.3. The van der Waals surface area contributed by atoms with Gasteiger partial charge in [0.05, 0.1) is 7.11 Å². The fraction of sp³-hybridized carbons (Fsp3) is 0.0769. The summed E-state index contributed by atoms with van der Waals surface area (Å²) in [5.41, 5.74) is 1.45. The van der Waals surface area contributed by atoms with Gasteiger partial charge in [-0.05, 0) is 30.3 Å². The van der Waals surface area contributed by atoms with Crippen molar-refractivity contribution in [3.8, 4) is 5.75 Å². The van der Waals surface area contributed by atoms with E-state index in [1.165, 1.54) is 13.2 Å². The molecule has 0 fully saturated rings. The van der Waals surface area contributed by atoms with Crippen molar-refractivity contribution in [3.63, 3.8) is 0 Å². The first-order chi connectivity index (χ1) is 8.19. The summed E-state index contributed by atoms with van der Waals surface area (Å²) in [5, 5.41) is 3.69. The second kappa shape index (κ2) is 5.06. The molecule has 0 unspecified atom stereocenters.